The number of phenols is 2. The van der Waals surface area contributed by atoms with Crippen LogP contribution in [0, 0.1) is 0 Å². The highest BCUT2D eigenvalue weighted by atomic mass is 35.5. The minimum atomic E-state index is -0.354. The normalized spacial score (nSPS) is 16.1. The van der Waals surface area contributed by atoms with Gasteiger partial charge in [0.2, 0.25) is 0 Å². The van der Waals surface area contributed by atoms with Crippen molar-refractivity contribution in [1.82, 2.24) is 20.4 Å². The number of carbonyl (C=O) groups is 2. The van der Waals surface area contributed by atoms with E-state index in [9.17, 15) is 19.8 Å². The molecule has 2 aromatic rings. The van der Waals surface area contributed by atoms with Crippen LogP contribution < -0.4 is 10.6 Å². The van der Waals surface area contributed by atoms with Gasteiger partial charge in [-0.1, -0.05) is 111 Å². The van der Waals surface area contributed by atoms with Gasteiger partial charge in [-0.25, -0.2) is 0 Å². The summed E-state index contributed by atoms with van der Waals surface area (Å²) in [4.78, 5) is 29.9. The Balaban J connectivity index is 0.896. The molecule has 0 aliphatic carbocycles. The van der Waals surface area contributed by atoms with Crippen LogP contribution in [0.15, 0.2) is 24.3 Å². The maximum atomic E-state index is 12.3. The van der Waals surface area contributed by atoms with Crippen LogP contribution in [0.2, 0.25) is 20.1 Å². The number of hydrogen-bond acceptors (Lipinski definition) is 7. The van der Waals surface area contributed by atoms with Gasteiger partial charge in [-0.2, -0.15) is 0 Å². The molecule has 0 bridgehead atoms. The monoisotopic (exact) mass is 842 g/mol. The summed E-state index contributed by atoms with van der Waals surface area (Å²) < 4.78 is 6.58. The minimum absolute atomic E-state index is 0.0776. The zero-order valence-corrected chi connectivity index (χ0v) is 35.4. The van der Waals surface area contributed by atoms with E-state index in [1.165, 1.54) is 88.7 Å². The van der Waals surface area contributed by atoms with E-state index in [1.807, 2.05) is 0 Å². The van der Waals surface area contributed by atoms with Crippen LogP contribution in [0.3, 0.4) is 0 Å². The maximum Gasteiger partial charge on any atom is 0.255 e. The number of phenolic OH excluding ortho intramolecular Hbond substituents is 2. The van der Waals surface area contributed by atoms with Crippen LogP contribution in [-0.2, 0) is 4.74 Å². The molecule has 0 saturated carbocycles. The van der Waals surface area contributed by atoms with Gasteiger partial charge in [0.05, 0.1) is 33.4 Å². The van der Waals surface area contributed by atoms with Gasteiger partial charge >= 0.3 is 0 Å². The van der Waals surface area contributed by atoms with E-state index in [1.54, 1.807) is 0 Å². The Labute approximate surface area is 348 Å². The Kier molecular flexibility index (Phi) is 21.1. The number of hydrogen-bond donors (Lipinski definition) is 4. The topological polar surface area (TPSA) is 114 Å². The van der Waals surface area contributed by atoms with E-state index < -0.39 is 0 Å². The lowest BCUT2D eigenvalue weighted by molar-refractivity contribution is -0.0650. The predicted molar refractivity (Wildman–Crippen MR) is 226 cm³/mol. The van der Waals surface area contributed by atoms with Crippen molar-refractivity contribution in [1.29, 1.82) is 0 Å². The first kappa shape index (κ1) is 45.7. The van der Waals surface area contributed by atoms with Gasteiger partial charge in [-0.15, -0.1) is 0 Å². The van der Waals surface area contributed by atoms with Crippen molar-refractivity contribution >= 4 is 58.2 Å². The second kappa shape index (κ2) is 25.4. The van der Waals surface area contributed by atoms with E-state index in [4.69, 9.17) is 51.1 Å². The highest BCUT2D eigenvalue weighted by Gasteiger charge is 2.26. The Morgan fingerprint density at radius 2 is 0.873 bits per heavy atom. The van der Waals surface area contributed by atoms with Crippen LogP contribution in [0.1, 0.15) is 136 Å². The summed E-state index contributed by atoms with van der Waals surface area (Å²) in [6.07, 6.45) is 21.7. The molecule has 0 radical (unpaired) electrons. The summed E-state index contributed by atoms with van der Waals surface area (Å²) in [5.41, 5.74) is 0.222. The van der Waals surface area contributed by atoms with Crippen LogP contribution >= 0.6 is 46.4 Å². The quantitative estimate of drug-likeness (QED) is 0.0778. The van der Waals surface area contributed by atoms with E-state index in [0.717, 1.165) is 90.4 Å². The molecule has 2 saturated heterocycles. The molecule has 2 amide bonds. The van der Waals surface area contributed by atoms with E-state index in [2.05, 4.69) is 20.4 Å². The molecule has 2 aromatic carbocycles. The molecule has 0 unspecified atom stereocenters. The fourth-order valence-corrected chi connectivity index (χ4v) is 8.56. The number of benzene rings is 2. The second-order valence-electron chi connectivity index (χ2n) is 15.2. The highest BCUT2D eigenvalue weighted by molar-refractivity contribution is 6.37. The van der Waals surface area contributed by atoms with Gasteiger partial charge in [0.25, 0.3) is 11.8 Å². The Hall–Kier alpha value is -1.98. The number of nitrogens with zero attached hydrogens (tertiary/aromatic N) is 2. The summed E-state index contributed by atoms with van der Waals surface area (Å²) in [5.74, 6) is -1.18. The number of rotatable bonds is 24. The van der Waals surface area contributed by atoms with Gasteiger partial charge < -0.3 is 35.4 Å². The second-order valence-corrected chi connectivity index (χ2v) is 16.9. The molecule has 0 atom stereocenters. The molecule has 4 rings (SSSR count). The molecular weight excluding hydrogens is 782 g/mol. The number of carbonyl (C=O) groups excluding carboxylic acids is 2. The van der Waals surface area contributed by atoms with Gasteiger partial charge in [-0.3, -0.25) is 9.59 Å². The molecule has 2 fully saturated rings. The Bertz CT molecular complexity index is 1360. The number of unbranched alkanes of at least 4 members (excludes halogenated alkanes) is 12. The van der Waals surface area contributed by atoms with Crippen LogP contribution in [0.5, 0.6) is 11.5 Å². The zero-order valence-electron chi connectivity index (χ0n) is 32.4. The van der Waals surface area contributed by atoms with E-state index in [-0.39, 0.29) is 44.5 Å². The van der Waals surface area contributed by atoms with Crippen molar-refractivity contribution < 1.29 is 24.5 Å². The number of ether oxygens (including phenoxy) is 1. The van der Waals surface area contributed by atoms with E-state index >= 15 is 0 Å². The largest absolute Gasteiger partial charge is 0.506 e. The Morgan fingerprint density at radius 1 is 0.545 bits per heavy atom. The summed E-state index contributed by atoms with van der Waals surface area (Å²) in [5, 5.41) is 26.5. The molecule has 2 heterocycles. The third-order valence-electron chi connectivity index (χ3n) is 10.9. The molecule has 2 aliphatic heterocycles. The number of nitrogens with one attached hydrogen (secondary N) is 2. The van der Waals surface area contributed by atoms with Crippen LogP contribution in [0.25, 0.3) is 0 Å². The van der Waals surface area contributed by atoms with E-state index in [0.29, 0.717) is 35.3 Å². The van der Waals surface area contributed by atoms with Crippen molar-refractivity contribution in [3.05, 3.63) is 55.5 Å². The molecule has 308 valence electrons. The van der Waals surface area contributed by atoms with Crippen molar-refractivity contribution in [3.8, 4) is 11.5 Å². The standard InChI is InChI=1S/C42H62Cl4N4O5/c43-31-27-35(39(51)37(45)29-31)41(53)47-19-11-7-3-1-5-9-13-21-49-23-15-33(16-24-49)55-34-17-25-50(26-18-34)22-14-10-6-2-4-8-12-20-48-42(54)36-28-32(44)30-38(46)40(36)52/h27-30,33-34,51-52H,1-26H2,(H,47,53)(H,48,54). The minimum Gasteiger partial charge on any atom is -0.506 e. The summed E-state index contributed by atoms with van der Waals surface area (Å²) >= 11 is 23.7. The molecule has 9 nitrogen and oxygen atoms in total. The smallest absolute Gasteiger partial charge is 0.255 e. The highest BCUT2D eigenvalue weighted by Crippen LogP contribution is 2.32. The molecule has 0 spiro atoms. The average Bonchev–Trinajstić information content (AvgIpc) is 3.17. The van der Waals surface area contributed by atoms with Crippen molar-refractivity contribution in [2.75, 3.05) is 52.4 Å². The number of halogens is 4. The summed E-state index contributed by atoms with van der Waals surface area (Å²) in [6.45, 7) is 8.10. The molecule has 55 heavy (non-hydrogen) atoms. The number of likely N-dealkylation sites (tertiary alicyclic amines) is 2. The first-order valence-electron chi connectivity index (χ1n) is 20.6. The van der Waals surface area contributed by atoms with Gasteiger partial charge in [0.1, 0.15) is 11.5 Å². The molecule has 13 heteroatoms. The van der Waals surface area contributed by atoms with Gasteiger partial charge in [-0.05, 0) is 88.7 Å². The number of aromatic hydroxyl groups is 2. The zero-order chi connectivity index (χ0) is 39.4. The summed E-state index contributed by atoms with van der Waals surface area (Å²) in [6, 6.07) is 5.70. The van der Waals surface area contributed by atoms with Crippen LogP contribution in [-0.4, -0.2) is 96.4 Å². The number of amides is 2. The predicted octanol–water partition coefficient (Wildman–Crippen LogP) is 10.3. The lowest BCUT2D eigenvalue weighted by atomic mass is 10.0. The van der Waals surface area contributed by atoms with Crippen molar-refractivity contribution in [2.45, 2.75) is 128 Å². The first-order valence-corrected chi connectivity index (χ1v) is 22.1. The Morgan fingerprint density at radius 3 is 1.24 bits per heavy atom. The van der Waals surface area contributed by atoms with Crippen LogP contribution in [0.4, 0.5) is 0 Å². The number of piperidine rings is 2. The third kappa shape index (κ3) is 16.8. The van der Waals surface area contributed by atoms with Gasteiger partial charge in [0.15, 0.2) is 0 Å². The maximum absolute atomic E-state index is 12.3. The lowest BCUT2D eigenvalue weighted by Crippen LogP contribution is -2.42. The summed E-state index contributed by atoms with van der Waals surface area (Å²) in [7, 11) is 0. The van der Waals surface area contributed by atoms with Crippen molar-refractivity contribution in [2.24, 2.45) is 0 Å². The molecule has 2 aliphatic rings. The molecular formula is C42H62Cl4N4O5. The third-order valence-corrected chi connectivity index (χ3v) is 11.9. The molecule has 4 N–H and O–H groups in total. The first-order chi connectivity index (χ1) is 26.6. The van der Waals surface area contributed by atoms with Gasteiger partial charge in [0, 0.05) is 49.3 Å². The molecule has 0 aromatic heterocycles. The SMILES string of the molecule is O=C(NCCCCCCCCCN1CCC(OC2CCN(CCCCCCCCCNC(=O)c3cc(Cl)cc(Cl)c3O)CC2)CC1)c1cc(Cl)cc(Cl)c1O. The fourth-order valence-electron chi connectivity index (χ4n) is 7.57. The average molecular weight is 845 g/mol. The van der Waals surface area contributed by atoms with Crippen molar-refractivity contribution in [3.63, 3.8) is 0 Å². The fraction of sp³-hybridized carbons (Fsp3) is 0.667. The lowest BCUT2D eigenvalue weighted by Gasteiger charge is -2.37.